The van der Waals surface area contributed by atoms with Crippen LogP contribution in [0.1, 0.15) is 5.56 Å². The summed E-state index contributed by atoms with van der Waals surface area (Å²) in [5.41, 5.74) is 3.40. The van der Waals surface area contributed by atoms with Crippen LogP contribution < -0.4 is 4.72 Å². The number of sulfonamides is 1. The van der Waals surface area contributed by atoms with Crippen LogP contribution in [0.3, 0.4) is 0 Å². The van der Waals surface area contributed by atoms with Gasteiger partial charge in [-0.15, -0.1) is 0 Å². The highest BCUT2D eigenvalue weighted by atomic mass is 32.2. The van der Waals surface area contributed by atoms with Gasteiger partial charge >= 0.3 is 0 Å². The number of aryl methyl sites for hydroxylation is 1. The van der Waals surface area contributed by atoms with Crippen LogP contribution in [0.15, 0.2) is 95.9 Å². The Morgan fingerprint density at radius 1 is 0.704 bits per heavy atom. The molecule has 0 fully saturated rings. The first-order chi connectivity index (χ1) is 13.0. The second-order valence-corrected chi connectivity index (χ2v) is 8.21. The van der Waals surface area contributed by atoms with E-state index in [2.05, 4.69) is 29.0 Å². The average Bonchev–Trinajstić information content (AvgIpc) is 2.68. The summed E-state index contributed by atoms with van der Waals surface area (Å²) in [6, 6.07) is 28.6. The number of hydrogen-bond acceptors (Lipinski definition) is 2. The second kappa shape index (κ2) is 6.89. The van der Waals surface area contributed by atoms with Crippen molar-refractivity contribution in [2.45, 2.75) is 11.8 Å². The largest absolute Gasteiger partial charge is 0.279 e. The molecule has 4 rings (SSSR count). The third kappa shape index (κ3) is 3.57. The summed E-state index contributed by atoms with van der Waals surface area (Å²) in [6.07, 6.45) is 0. The molecule has 0 saturated carbocycles. The van der Waals surface area contributed by atoms with Crippen molar-refractivity contribution in [3.8, 4) is 11.1 Å². The van der Waals surface area contributed by atoms with Crippen molar-refractivity contribution in [1.29, 1.82) is 0 Å². The lowest BCUT2D eigenvalue weighted by Gasteiger charge is -2.13. The fourth-order valence-corrected chi connectivity index (χ4v) is 4.18. The minimum Gasteiger partial charge on any atom is -0.279 e. The van der Waals surface area contributed by atoms with E-state index in [9.17, 15) is 8.42 Å². The molecule has 3 nitrogen and oxygen atoms in total. The third-order valence-electron chi connectivity index (χ3n) is 4.56. The summed E-state index contributed by atoms with van der Waals surface area (Å²) in [4.78, 5) is 0.251. The van der Waals surface area contributed by atoms with Crippen molar-refractivity contribution < 1.29 is 8.42 Å². The van der Waals surface area contributed by atoms with Crippen LogP contribution in [0.5, 0.6) is 0 Å². The molecule has 0 saturated heterocycles. The number of rotatable bonds is 4. The van der Waals surface area contributed by atoms with Crippen molar-refractivity contribution in [1.82, 2.24) is 0 Å². The zero-order chi connectivity index (χ0) is 18.9. The highest BCUT2D eigenvalue weighted by Gasteiger charge is 2.16. The standard InChI is InChI=1S/C23H19NO2S/c1-17-10-14-21(15-11-17)27(25,26)24-23-9-5-4-8-22(23)20-13-12-18-6-2-3-7-19(18)16-20/h2-16,24H,1H3. The fraction of sp³-hybridized carbons (Fsp3) is 0.0435. The third-order valence-corrected chi connectivity index (χ3v) is 5.94. The molecule has 134 valence electrons. The maximum atomic E-state index is 12.8. The molecule has 0 radical (unpaired) electrons. The van der Waals surface area contributed by atoms with Gasteiger partial charge in [0.1, 0.15) is 0 Å². The molecule has 4 aromatic rings. The normalized spacial score (nSPS) is 11.4. The van der Waals surface area contributed by atoms with Crippen molar-refractivity contribution >= 4 is 26.5 Å². The van der Waals surface area contributed by atoms with E-state index in [-0.39, 0.29) is 4.90 Å². The highest BCUT2D eigenvalue weighted by Crippen LogP contribution is 2.31. The van der Waals surface area contributed by atoms with Gasteiger partial charge in [0.05, 0.1) is 10.6 Å². The molecule has 0 spiro atoms. The van der Waals surface area contributed by atoms with E-state index in [1.165, 1.54) is 0 Å². The summed E-state index contributed by atoms with van der Waals surface area (Å²) < 4.78 is 28.3. The molecule has 0 unspecified atom stereocenters. The molecular formula is C23H19NO2S. The number of fused-ring (bicyclic) bond motifs is 1. The fourth-order valence-electron chi connectivity index (χ4n) is 3.10. The molecule has 0 heterocycles. The number of para-hydroxylation sites is 1. The van der Waals surface area contributed by atoms with E-state index in [1.807, 2.05) is 43.3 Å². The van der Waals surface area contributed by atoms with Crippen molar-refractivity contribution in [2.24, 2.45) is 0 Å². The Balaban J connectivity index is 1.75. The van der Waals surface area contributed by atoms with Gasteiger partial charge in [-0.1, -0.05) is 72.3 Å². The van der Waals surface area contributed by atoms with Crippen LogP contribution in [-0.4, -0.2) is 8.42 Å². The van der Waals surface area contributed by atoms with E-state index < -0.39 is 10.0 Å². The van der Waals surface area contributed by atoms with Gasteiger partial charge in [0.25, 0.3) is 10.0 Å². The first-order valence-corrected chi connectivity index (χ1v) is 10.2. The van der Waals surface area contributed by atoms with Crippen LogP contribution >= 0.6 is 0 Å². The smallest absolute Gasteiger partial charge is 0.261 e. The van der Waals surface area contributed by atoms with E-state index >= 15 is 0 Å². The van der Waals surface area contributed by atoms with Gasteiger partial charge in [0, 0.05) is 5.56 Å². The SMILES string of the molecule is Cc1ccc(S(=O)(=O)Nc2ccccc2-c2ccc3ccccc3c2)cc1. The van der Waals surface area contributed by atoms with Gasteiger partial charge in [0.15, 0.2) is 0 Å². The molecule has 0 amide bonds. The average molecular weight is 373 g/mol. The number of hydrogen-bond donors (Lipinski definition) is 1. The summed E-state index contributed by atoms with van der Waals surface area (Å²) in [5, 5.41) is 2.27. The molecule has 0 aliphatic heterocycles. The van der Waals surface area contributed by atoms with Gasteiger partial charge in [-0.05, 0) is 47.5 Å². The molecule has 1 N–H and O–H groups in total. The predicted molar refractivity (Wildman–Crippen MR) is 111 cm³/mol. The summed E-state index contributed by atoms with van der Waals surface area (Å²) in [6.45, 7) is 1.93. The lowest BCUT2D eigenvalue weighted by Crippen LogP contribution is -2.13. The topological polar surface area (TPSA) is 46.2 Å². The van der Waals surface area contributed by atoms with Crippen molar-refractivity contribution in [2.75, 3.05) is 4.72 Å². The Bertz CT molecular complexity index is 1210. The van der Waals surface area contributed by atoms with Crippen molar-refractivity contribution in [3.05, 3.63) is 96.6 Å². The maximum absolute atomic E-state index is 12.8. The molecule has 4 aromatic carbocycles. The van der Waals surface area contributed by atoms with E-state index in [4.69, 9.17) is 0 Å². The minimum absolute atomic E-state index is 0.251. The first kappa shape index (κ1) is 17.3. The summed E-state index contributed by atoms with van der Waals surface area (Å²) >= 11 is 0. The Morgan fingerprint density at radius 3 is 2.15 bits per heavy atom. The van der Waals surface area contributed by atoms with Crippen LogP contribution in [0, 0.1) is 6.92 Å². The van der Waals surface area contributed by atoms with E-state index in [0.717, 1.165) is 27.5 Å². The van der Waals surface area contributed by atoms with Gasteiger partial charge in [-0.3, -0.25) is 4.72 Å². The minimum atomic E-state index is -3.65. The van der Waals surface area contributed by atoms with Gasteiger partial charge < -0.3 is 0 Å². The molecule has 0 bridgehead atoms. The van der Waals surface area contributed by atoms with Gasteiger partial charge in [-0.25, -0.2) is 8.42 Å². The molecule has 4 heteroatoms. The summed E-state index contributed by atoms with van der Waals surface area (Å²) in [7, 11) is -3.65. The lowest BCUT2D eigenvalue weighted by atomic mass is 10.0. The zero-order valence-electron chi connectivity index (χ0n) is 14.9. The van der Waals surface area contributed by atoms with Crippen molar-refractivity contribution in [3.63, 3.8) is 0 Å². The lowest BCUT2D eigenvalue weighted by molar-refractivity contribution is 0.601. The Hall–Kier alpha value is -3.11. The van der Waals surface area contributed by atoms with Crippen LogP contribution in [-0.2, 0) is 10.0 Å². The van der Waals surface area contributed by atoms with Gasteiger partial charge in [0.2, 0.25) is 0 Å². The monoisotopic (exact) mass is 373 g/mol. The zero-order valence-corrected chi connectivity index (χ0v) is 15.7. The quantitative estimate of drug-likeness (QED) is 0.505. The summed E-state index contributed by atoms with van der Waals surface area (Å²) in [5.74, 6) is 0. The Labute approximate surface area is 159 Å². The molecule has 0 aliphatic rings. The van der Waals surface area contributed by atoms with E-state index in [0.29, 0.717) is 5.69 Å². The van der Waals surface area contributed by atoms with Crippen LogP contribution in [0.25, 0.3) is 21.9 Å². The first-order valence-electron chi connectivity index (χ1n) is 8.71. The molecule has 0 aliphatic carbocycles. The van der Waals surface area contributed by atoms with Crippen LogP contribution in [0.2, 0.25) is 0 Å². The predicted octanol–water partition coefficient (Wildman–Crippen LogP) is 5.62. The number of nitrogens with one attached hydrogen (secondary N) is 1. The van der Waals surface area contributed by atoms with Crippen LogP contribution in [0.4, 0.5) is 5.69 Å². The molecular weight excluding hydrogens is 354 g/mol. The highest BCUT2D eigenvalue weighted by molar-refractivity contribution is 7.92. The second-order valence-electron chi connectivity index (χ2n) is 6.53. The molecule has 0 atom stereocenters. The maximum Gasteiger partial charge on any atom is 0.261 e. The number of benzene rings is 4. The Morgan fingerprint density at radius 2 is 1.37 bits per heavy atom. The van der Waals surface area contributed by atoms with Gasteiger partial charge in [-0.2, -0.15) is 0 Å². The Kier molecular flexibility index (Phi) is 4.42. The molecule has 0 aromatic heterocycles. The number of anilines is 1. The van der Waals surface area contributed by atoms with E-state index in [1.54, 1.807) is 30.3 Å². The molecule has 27 heavy (non-hydrogen) atoms.